The number of nitrogens with zero attached hydrogens (tertiary/aromatic N) is 1. The van der Waals surface area contributed by atoms with Gasteiger partial charge in [-0.25, -0.2) is 8.42 Å². The zero-order valence-electron chi connectivity index (χ0n) is 29.9. The molecular formula is C41H53NO6S2. The van der Waals surface area contributed by atoms with Crippen LogP contribution in [-0.4, -0.2) is 53.5 Å². The minimum absolute atomic E-state index is 0.0156. The second-order valence-corrected chi connectivity index (χ2v) is 19.8. The number of aliphatic hydroxyl groups excluding tert-OH is 1. The number of ketones is 1. The second kappa shape index (κ2) is 13.4. The fraction of sp³-hybridized carbons (Fsp3) is 0.585. The number of hydrogen-bond acceptors (Lipinski definition) is 7. The van der Waals surface area contributed by atoms with E-state index in [1.165, 1.54) is 23.2 Å². The number of fused-ring (bicyclic) bond motifs is 10. The molecule has 0 radical (unpaired) electrons. The van der Waals surface area contributed by atoms with E-state index in [1.54, 1.807) is 34.0 Å². The lowest BCUT2D eigenvalue weighted by molar-refractivity contribution is -0.114. The fourth-order valence-electron chi connectivity index (χ4n) is 10.3. The molecule has 6 aliphatic rings. The number of rotatable bonds is 8. The van der Waals surface area contributed by atoms with Gasteiger partial charge in [0.15, 0.2) is 5.76 Å². The summed E-state index contributed by atoms with van der Waals surface area (Å²) in [6.07, 6.45) is 10.6. The summed E-state index contributed by atoms with van der Waals surface area (Å²) < 4.78 is 36.5. The number of furan rings is 1. The summed E-state index contributed by atoms with van der Waals surface area (Å²) >= 11 is 1.23. The lowest BCUT2D eigenvalue weighted by Gasteiger charge is -2.60. The Morgan fingerprint density at radius 2 is 1.88 bits per heavy atom. The van der Waals surface area contributed by atoms with E-state index < -0.39 is 27.1 Å². The van der Waals surface area contributed by atoms with Crippen LogP contribution in [0.25, 0.3) is 0 Å². The third kappa shape index (κ3) is 6.29. The highest BCUT2D eigenvalue weighted by Crippen LogP contribution is 2.62. The summed E-state index contributed by atoms with van der Waals surface area (Å²) in [7, 11) is -3.86. The lowest BCUT2D eigenvalue weighted by atomic mass is 9.45. The minimum atomic E-state index is -3.86. The molecule has 7 nitrogen and oxygen atoms in total. The molecule has 3 aromatic rings. The fourth-order valence-corrected chi connectivity index (χ4v) is 13.0. The monoisotopic (exact) mass is 719 g/mol. The second-order valence-electron chi connectivity index (χ2n) is 16.7. The van der Waals surface area contributed by atoms with Gasteiger partial charge in [0, 0.05) is 24.1 Å². The third-order valence-corrected chi connectivity index (χ3v) is 16.8. The van der Waals surface area contributed by atoms with Gasteiger partial charge in [-0.2, -0.15) is 4.31 Å². The number of allylic oxidation sites excluding steroid dienone is 2. The van der Waals surface area contributed by atoms with Crippen LogP contribution in [0.15, 0.2) is 74.4 Å². The number of hydrogen-bond donors (Lipinski definition) is 2. The van der Waals surface area contributed by atoms with E-state index in [1.807, 2.05) is 18.2 Å². The number of carbonyl (C=O) groups excluding carboxylic acids is 1. The van der Waals surface area contributed by atoms with Gasteiger partial charge in [0.05, 0.1) is 18.0 Å². The van der Waals surface area contributed by atoms with Crippen LogP contribution in [0.3, 0.4) is 0 Å². The van der Waals surface area contributed by atoms with Gasteiger partial charge in [-0.3, -0.25) is 4.79 Å². The molecule has 9 rings (SSSR count). The van der Waals surface area contributed by atoms with Crippen molar-refractivity contribution in [1.82, 2.24) is 4.31 Å². The Kier molecular flexibility index (Phi) is 9.64. The van der Waals surface area contributed by atoms with Crippen LogP contribution in [0.2, 0.25) is 0 Å². The predicted molar refractivity (Wildman–Crippen MR) is 197 cm³/mol. The van der Waals surface area contributed by atoms with E-state index in [2.05, 4.69) is 33.8 Å². The van der Waals surface area contributed by atoms with E-state index in [4.69, 9.17) is 4.42 Å². The van der Waals surface area contributed by atoms with Crippen LogP contribution >= 0.6 is 11.3 Å². The topological polar surface area (TPSA) is 108 Å². The van der Waals surface area contributed by atoms with Crippen molar-refractivity contribution in [1.29, 1.82) is 0 Å². The maximum Gasteiger partial charge on any atom is 0.252 e. The normalized spacial score (nSPS) is 32.6. The average Bonchev–Trinajstić information content (AvgIpc) is 3.86. The Morgan fingerprint density at radius 3 is 2.58 bits per heavy atom. The number of benzene rings is 1. The molecule has 4 fully saturated rings. The van der Waals surface area contributed by atoms with Crippen LogP contribution < -0.4 is 0 Å². The smallest absolute Gasteiger partial charge is 0.252 e. The van der Waals surface area contributed by atoms with Crippen molar-refractivity contribution in [3.63, 3.8) is 0 Å². The maximum absolute atomic E-state index is 14.5. The number of sulfonamides is 1. The minimum Gasteiger partial charge on any atom is -0.461 e. The number of carbonyl (C=O) groups is 1. The standard InChI is InChI=1S/C41H53NO6S2/c1-27-8-5-18-40(4)34(32-16-12-28(22-31(43)15-11-27)23-33(32)38(44)36-9-6-20-48-36)17-19-41(40,45)26-42(50(46,47)37-10-7-21-49-37)25-29-13-14-30-24-35(29)39(30,2)3/h6-10,12,16,20-21,23,29-31,34-35,43,45H,5,11,13-15,17-19,22,24-26H2,1-4H3. The summed E-state index contributed by atoms with van der Waals surface area (Å²) in [5.41, 5.74) is 1.58. The van der Waals surface area contributed by atoms with Gasteiger partial charge in [-0.15, -0.1) is 11.3 Å². The molecule has 50 heavy (non-hydrogen) atoms. The zero-order chi connectivity index (χ0) is 35.5. The Bertz CT molecular complexity index is 1830. The predicted octanol–water partition coefficient (Wildman–Crippen LogP) is 8.37. The first-order valence-corrected chi connectivity index (χ1v) is 20.9. The Labute approximate surface area is 301 Å². The van der Waals surface area contributed by atoms with E-state index in [-0.39, 0.29) is 35.3 Å². The number of aliphatic hydroxyl groups is 2. The number of thiophene rings is 1. The van der Waals surface area contributed by atoms with E-state index in [0.29, 0.717) is 66.7 Å². The van der Waals surface area contributed by atoms with Gasteiger partial charge in [0.25, 0.3) is 10.0 Å². The van der Waals surface area contributed by atoms with E-state index in [0.717, 1.165) is 36.8 Å². The molecule has 2 heterocycles. The van der Waals surface area contributed by atoms with E-state index in [9.17, 15) is 23.4 Å². The molecule has 7 atom stereocenters. The van der Waals surface area contributed by atoms with Gasteiger partial charge in [0.1, 0.15) is 4.21 Å². The highest BCUT2D eigenvalue weighted by atomic mass is 32.2. The van der Waals surface area contributed by atoms with Gasteiger partial charge < -0.3 is 14.6 Å². The first-order chi connectivity index (χ1) is 23.7. The van der Waals surface area contributed by atoms with Crippen LogP contribution in [-0.2, 0) is 16.4 Å². The summed E-state index contributed by atoms with van der Waals surface area (Å²) in [4.78, 5) is 14.1. The first-order valence-electron chi connectivity index (χ1n) is 18.5. The molecule has 2 aromatic heterocycles. The quantitative estimate of drug-likeness (QED) is 0.179. The van der Waals surface area contributed by atoms with Crippen molar-refractivity contribution in [3.8, 4) is 0 Å². The Morgan fingerprint density at radius 1 is 1.06 bits per heavy atom. The van der Waals surface area contributed by atoms with Crippen molar-refractivity contribution in [2.45, 2.75) is 114 Å². The Hall–Kier alpha value is -2.56. The van der Waals surface area contributed by atoms with Crippen LogP contribution in [0.5, 0.6) is 0 Å². The van der Waals surface area contributed by atoms with Gasteiger partial charge >= 0.3 is 0 Å². The van der Waals surface area contributed by atoms with Crippen molar-refractivity contribution in [2.24, 2.45) is 28.6 Å². The molecule has 6 aliphatic carbocycles. The molecule has 0 saturated heterocycles. The lowest BCUT2D eigenvalue weighted by Crippen LogP contribution is -2.58. The molecule has 0 aliphatic heterocycles. The highest BCUT2D eigenvalue weighted by Gasteiger charge is 2.59. The van der Waals surface area contributed by atoms with Crippen molar-refractivity contribution >= 4 is 27.1 Å². The van der Waals surface area contributed by atoms with Gasteiger partial charge in [-0.1, -0.05) is 50.6 Å². The molecule has 9 heteroatoms. The molecule has 4 saturated carbocycles. The maximum atomic E-state index is 14.5. The first kappa shape index (κ1) is 35.8. The van der Waals surface area contributed by atoms with Crippen molar-refractivity contribution in [2.75, 3.05) is 13.1 Å². The van der Waals surface area contributed by atoms with Gasteiger partial charge in [0.2, 0.25) is 5.78 Å². The highest BCUT2D eigenvalue weighted by molar-refractivity contribution is 7.91. The zero-order valence-corrected chi connectivity index (χ0v) is 31.6. The van der Waals surface area contributed by atoms with Crippen LogP contribution in [0.1, 0.15) is 119 Å². The van der Waals surface area contributed by atoms with Crippen molar-refractivity contribution < 1.29 is 27.8 Å². The van der Waals surface area contributed by atoms with Crippen LogP contribution in [0.4, 0.5) is 0 Å². The average molecular weight is 720 g/mol. The Balaban J connectivity index is 1.30. The van der Waals surface area contributed by atoms with Crippen LogP contribution in [0, 0.1) is 28.6 Å². The summed E-state index contributed by atoms with van der Waals surface area (Å²) in [6, 6.07) is 12.8. The summed E-state index contributed by atoms with van der Waals surface area (Å²) in [6.45, 7) is 9.31. The third-order valence-electron chi connectivity index (χ3n) is 13.6. The molecule has 0 amide bonds. The SMILES string of the molecule is CC1=CCCC2(C)C(CCC2(O)CN(CC2CCC3CC2C3(C)C)S(=O)(=O)c2cccs2)c2ccc(cc2C(=O)c2ccco2)CC(O)CC1. The molecule has 1 aromatic carbocycles. The van der Waals surface area contributed by atoms with E-state index >= 15 is 0 Å². The molecule has 2 N–H and O–H groups in total. The molecular weight excluding hydrogens is 667 g/mol. The molecule has 7 unspecified atom stereocenters. The molecule has 270 valence electrons. The van der Waals surface area contributed by atoms with Crippen molar-refractivity contribution in [3.05, 3.63) is 88.2 Å². The van der Waals surface area contributed by atoms with Gasteiger partial charge in [-0.05, 0) is 141 Å². The molecule has 0 spiro atoms. The largest absolute Gasteiger partial charge is 0.461 e. The summed E-state index contributed by atoms with van der Waals surface area (Å²) in [5, 5.41) is 25.8. The summed E-state index contributed by atoms with van der Waals surface area (Å²) in [5.74, 6) is 1.25. The molecule has 4 bridgehead atoms.